The van der Waals surface area contributed by atoms with Gasteiger partial charge in [-0.1, -0.05) is 18.2 Å². The van der Waals surface area contributed by atoms with Crippen molar-refractivity contribution in [3.8, 4) is 5.88 Å². The van der Waals surface area contributed by atoms with Crippen LogP contribution in [0.3, 0.4) is 0 Å². The molecule has 1 aromatic carbocycles. The van der Waals surface area contributed by atoms with Crippen molar-refractivity contribution in [2.45, 2.75) is 12.5 Å². The van der Waals surface area contributed by atoms with E-state index in [0.717, 1.165) is 24.2 Å². The minimum absolute atomic E-state index is 0.0906. The van der Waals surface area contributed by atoms with E-state index in [-0.39, 0.29) is 22.3 Å². The van der Waals surface area contributed by atoms with Gasteiger partial charge >= 0.3 is 0 Å². The summed E-state index contributed by atoms with van der Waals surface area (Å²) in [5.41, 5.74) is 3.21. The van der Waals surface area contributed by atoms with E-state index in [1.54, 1.807) is 14.1 Å². The Bertz CT molecular complexity index is 1080. The lowest BCUT2D eigenvalue weighted by atomic mass is 9.95. The van der Waals surface area contributed by atoms with Crippen LogP contribution in [-0.2, 0) is 20.5 Å². The van der Waals surface area contributed by atoms with Gasteiger partial charge in [0.05, 0.1) is 6.04 Å². The number of hydrogen-bond acceptors (Lipinski definition) is 4. The van der Waals surface area contributed by atoms with Gasteiger partial charge in [-0.15, -0.1) is 0 Å². The molecule has 3 N–H and O–H groups in total. The molecule has 0 amide bonds. The van der Waals surface area contributed by atoms with Gasteiger partial charge < -0.3 is 15.4 Å². The number of fused-ring (bicyclic) bond motifs is 3. The normalized spacial score (nSPS) is 17.2. The SMILES string of the molecule is Cn1c(O)c([C@@H]2NCCc3c2[nH]c2ccccc32)c(=O)n(C)c1=S. The largest absolute Gasteiger partial charge is 0.494 e. The van der Waals surface area contributed by atoms with Gasteiger partial charge in [-0.05, 0) is 30.3 Å². The Morgan fingerprint density at radius 3 is 2.79 bits per heavy atom. The molecule has 3 aromatic rings. The summed E-state index contributed by atoms with van der Waals surface area (Å²) in [4.78, 5) is 16.2. The Hall–Kier alpha value is -2.38. The van der Waals surface area contributed by atoms with E-state index in [1.165, 1.54) is 20.1 Å². The second-order valence-electron chi connectivity index (χ2n) is 6.14. The maximum absolute atomic E-state index is 12.8. The molecular weight excluding hydrogens is 324 g/mol. The third kappa shape index (κ3) is 1.98. The van der Waals surface area contributed by atoms with E-state index in [0.29, 0.717) is 5.56 Å². The first-order valence-electron chi connectivity index (χ1n) is 7.82. The Morgan fingerprint density at radius 1 is 1.25 bits per heavy atom. The smallest absolute Gasteiger partial charge is 0.263 e. The van der Waals surface area contributed by atoms with Crippen LogP contribution in [0, 0.1) is 4.77 Å². The summed E-state index contributed by atoms with van der Waals surface area (Å²) in [5.74, 6) is -0.0906. The molecule has 0 saturated carbocycles. The van der Waals surface area contributed by atoms with E-state index >= 15 is 0 Å². The summed E-state index contributed by atoms with van der Waals surface area (Å²) < 4.78 is 3.14. The van der Waals surface area contributed by atoms with Crippen LogP contribution in [-0.4, -0.2) is 25.8 Å². The van der Waals surface area contributed by atoms with Crippen molar-refractivity contribution >= 4 is 23.1 Å². The number of aromatic hydroxyl groups is 1. The number of nitrogens with zero attached hydrogens (tertiary/aromatic N) is 2. The monoisotopic (exact) mass is 342 g/mol. The standard InChI is InChI=1S/C17H18N4O2S/c1-20-15(22)12(16(23)21(2)17(20)24)14-13-10(7-8-18-14)9-5-3-4-6-11(9)19-13/h3-6,14,18-19,22H,7-8H2,1-2H3/t14-/m0/s1. The summed E-state index contributed by atoms with van der Waals surface area (Å²) in [7, 11) is 3.29. The van der Waals surface area contributed by atoms with Crippen molar-refractivity contribution < 1.29 is 5.11 Å². The van der Waals surface area contributed by atoms with Gasteiger partial charge in [0.15, 0.2) is 4.77 Å². The highest BCUT2D eigenvalue weighted by atomic mass is 32.1. The summed E-state index contributed by atoms with van der Waals surface area (Å²) in [6.07, 6.45) is 0.877. The number of hydrogen-bond donors (Lipinski definition) is 3. The lowest BCUT2D eigenvalue weighted by Crippen LogP contribution is -2.37. The molecule has 0 saturated heterocycles. The van der Waals surface area contributed by atoms with E-state index in [4.69, 9.17) is 12.2 Å². The lowest BCUT2D eigenvalue weighted by Gasteiger charge is -2.25. The minimum Gasteiger partial charge on any atom is -0.494 e. The molecule has 1 atom stereocenters. The fourth-order valence-corrected chi connectivity index (χ4v) is 3.71. The number of rotatable bonds is 1. The maximum Gasteiger partial charge on any atom is 0.263 e. The first-order chi connectivity index (χ1) is 11.5. The average molecular weight is 342 g/mol. The fraction of sp³-hybridized carbons (Fsp3) is 0.294. The van der Waals surface area contributed by atoms with E-state index in [2.05, 4.69) is 16.4 Å². The molecule has 0 radical (unpaired) electrons. The Balaban J connectivity index is 2.02. The zero-order chi connectivity index (χ0) is 17.0. The topological polar surface area (TPSA) is 75.0 Å². The second kappa shape index (κ2) is 5.32. The van der Waals surface area contributed by atoms with Crippen LogP contribution in [0.25, 0.3) is 10.9 Å². The molecular formula is C17H18N4O2S. The van der Waals surface area contributed by atoms with E-state index in [9.17, 15) is 9.90 Å². The first-order valence-corrected chi connectivity index (χ1v) is 8.23. The fourth-order valence-electron chi connectivity index (χ4n) is 3.54. The molecule has 1 aliphatic heterocycles. The lowest BCUT2D eigenvalue weighted by molar-refractivity contribution is 0.394. The van der Waals surface area contributed by atoms with Crippen molar-refractivity contribution in [2.24, 2.45) is 14.1 Å². The molecule has 7 heteroatoms. The van der Waals surface area contributed by atoms with Crippen molar-refractivity contribution in [1.82, 2.24) is 19.4 Å². The Kier molecular flexibility index (Phi) is 3.36. The molecule has 2 aromatic heterocycles. The number of H-pyrrole nitrogens is 1. The van der Waals surface area contributed by atoms with Gasteiger partial charge in [0.2, 0.25) is 5.88 Å². The van der Waals surface area contributed by atoms with Crippen LogP contribution in [0.2, 0.25) is 0 Å². The number of aromatic nitrogens is 3. The summed E-state index contributed by atoms with van der Waals surface area (Å²) in [6.45, 7) is 0.738. The van der Waals surface area contributed by atoms with Crippen molar-refractivity contribution in [1.29, 1.82) is 0 Å². The van der Waals surface area contributed by atoms with Gasteiger partial charge in [-0.3, -0.25) is 13.9 Å². The highest BCUT2D eigenvalue weighted by molar-refractivity contribution is 7.71. The quantitative estimate of drug-likeness (QED) is 0.590. The third-order valence-electron chi connectivity index (χ3n) is 4.81. The maximum atomic E-state index is 12.8. The number of para-hydroxylation sites is 1. The third-order valence-corrected chi connectivity index (χ3v) is 5.36. The van der Waals surface area contributed by atoms with Crippen LogP contribution >= 0.6 is 12.2 Å². The van der Waals surface area contributed by atoms with E-state index in [1.807, 2.05) is 18.2 Å². The summed E-state index contributed by atoms with van der Waals surface area (Å²) >= 11 is 5.20. The molecule has 3 heterocycles. The van der Waals surface area contributed by atoms with Gasteiger partial charge in [0, 0.05) is 37.2 Å². The zero-order valence-electron chi connectivity index (χ0n) is 13.5. The second-order valence-corrected chi connectivity index (χ2v) is 6.51. The molecule has 0 aliphatic carbocycles. The number of benzene rings is 1. The Morgan fingerprint density at radius 2 is 2.00 bits per heavy atom. The van der Waals surface area contributed by atoms with Crippen LogP contribution < -0.4 is 10.9 Å². The average Bonchev–Trinajstić information content (AvgIpc) is 2.98. The van der Waals surface area contributed by atoms with Crippen LogP contribution in [0.5, 0.6) is 5.88 Å². The van der Waals surface area contributed by atoms with Gasteiger partial charge in [0.1, 0.15) is 5.56 Å². The highest BCUT2D eigenvalue weighted by Gasteiger charge is 2.30. The zero-order valence-corrected chi connectivity index (χ0v) is 14.3. The van der Waals surface area contributed by atoms with Gasteiger partial charge in [-0.2, -0.15) is 0 Å². The van der Waals surface area contributed by atoms with Gasteiger partial charge in [0.25, 0.3) is 5.56 Å². The van der Waals surface area contributed by atoms with Crippen LogP contribution in [0.1, 0.15) is 22.9 Å². The van der Waals surface area contributed by atoms with E-state index < -0.39 is 0 Å². The summed E-state index contributed by atoms with van der Waals surface area (Å²) in [5, 5.41) is 15.1. The van der Waals surface area contributed by atoms with Crippen LogP contribution in [0.4, 0.5) is 0 Å². The molecule has 0 spiro atoms. The molecule has 0 unspecified atom stereocenters. The molecule has 0 fully saturated rings. The molecule has 1 aliphatic rings. The molecule has 24 heavy (non-hydrogen) atoms. The number of aromatic amines is 1. The molecule has 4 rings (SSSR count). The van der Waals surface area contributed by atoms with Crippen molar-refractivity contribution in [2.75, 3.05) is 6.54 Å². The predicted molar refractivity (Wildman–Crippen MR) is 95.0 cm³/mol. The van der Waals surface area contributed by atoms with Crippen molar-refractivity contribution in [3.63, 3.8) is 0 Å². The summed E-state index contributed by atoms with van der Waals surface area (Å²) in [6, 6.07) is 7.71. The first kappa shape index (κ1) is 15.2. The molecule has 124 valence electrons. The van der Waals surface area contributed by atoms with Crippen LogP contribution in [0.15, 0.2) is 29.1 Å². The highest BCUT2D eigenvalue weighted by Crippen LogP contribution is 2.34. The van der Waals surface area contributed by atoms with Gasteiger partial charge in [-0.25, -0.2) is 0 Å². The van der Waals surface area contributed by atoms with Crippen molar-refractivity contribution in [3.05, 3.63) is 56.2 Å². The molecule has 6 nitrogen and oxygen atoms in total. The Labute approximate surface area is 143 Å². The predicted octanol–water partition coefficient (Wildman–Crippen LogP) is 1.88. The molecule has 0 bridgehead atoms. The number of nitrogens with one attached hydrogen (secondary N) is 2. The minimum atomic E-state index is -0.387.